The van der Waals surface area contributed by atoms with Crippen LogP contribution in [0, 0.1) is 31.6 Å². The van der Waals surface area contributed by atoms with Crippen LogP contribution in [-0.4, -0.2) is 31.3 Å². The topological polar surface area (TPSA) is 192 Å². The van der Waals surface area contributed by atoms with Gasteiger partial charge >= 0.3 is 10.1 Å². The molecule has 3 aromatic rings. The van der Waals surface area contributed by atoms with Crippen molar-refractivity contribution in [3.05, 3.63) is 97.1 Å². The number of hydrogen-bond acceptors (Lipinski definition) is 10. The molecular formula is C23H15ClN4O9S. The number of ether oxygens (including phenoxy) is 1. The van der Waals surface area contributed by atoms with Crippen LogP contribution in [0.2, 0.25) is 5.02 Å². The highest BCUT2D eigenvalue weighted by atomic mass is 35.5. The summed E-state index contributed by atoms with van der Waals surface area (Å²) in [4.78, 5) is 32.7. The zero-order chi connectivity index (χ0) is 28.0. The van der Waals surface area contributed by atoms with Crippen LogP contribution < -0.4 is 14.2 Å². The Labute approximate surface area is 219 Å². The van der Waals surface area contributed by atoms with Crippen molar-refractivity contribution >= 4 is 50.8 Å². The third-order valence-corrected chi connectivity index (χ3v) is 6.42. The molecule has 0 bridgehead atoms. The van der Waals surface area contributed by atoms with Crippen LogP contribution >= 0.6 is 11.6 Å². The van der Waals surface area contributed by atoms with E-state index in [0.29, 0.717) is 0 Å². The molecule has 3 rings (SSSR count). The number of non-ortho nitro benzene ring substituents is 1. The SMILES string of the molecule is COc1ccc(/C=C(\C#N)C(=O)Nc2cc([N+](=O)[O-])ccc2Cl)cc1OS(=O)(=O)c1ccccc1[N+](=O)[O-]. The molecule has 194 valence electrons. The average molecular weight is 559 g/mol. The first-order valence-electron chi connectivity index (χ1n) is 10.2. The minimum absolute atomic E-state index is 0.0124. The van der Waals surface area contributed by atoms with Gasteiger partial charge < -0.3 is 14.2 Å². The van der Waals surface area contributed by atoms with Crippen molar-refractivity contribution in [2.75, 3.05) is 12.4 Å². The van der Waals surface area contributed by atoms with Gasteiger partial charge in [0.05, 0.1) is 27.7 Å². The molecule has 1 amide bonds. The lowest BCUT2D eigenvalue weighted by molar-refractivity contribution is -0.387. The molecule has 3 aromatic carbocycles. The number of halogens is 1. The van der Waals surface area contributed by atoms with E-state index in [1.54, 1.807) is 6.07 Å². The van der Waals surface area contributed by atoms with Gasteiger partial charge in [-0.15, -0.1) is 0 Å². The highest BCUT2D eigenvalue weighted by Gasteiger charge is 2.28. The Balaban J connectivity index is 1.96. The lowest BCUT2D eigenvalue weighted by atomic mass is 10.1. The number of para-hydroxylation sites is 1. The number of nitrogens with zero attached hydrogens (tertiary/aromatic N) is 3. The molecule has 0 unspecified atom stereocenters. The summed E-state index contributed by atoms with van der Waals surface area (Å²) >= 11 is 5.98. The number of rotatable bonds is 9. The van der Waals surface area contributed by atoms with Crippen LogP contribution in [0.4, 0.5) is 17.1 Å². The molecule has 1 N–H and O–H groups in total. The van der Waals surface area contributed by atoms with Gasteiger partial charge in [-0.25, -0.2) is 0 Å². The fourth-order valence-corrected chi connectivity index (χ4v) is 4.32. The van der Waals surface area contributed by atoms with Gasteiger partial charge in [-0.2, -0.15) is 13.7 Å². The first-order valence-corrected chi connectivity index (χ1v) is 12.0. The first-order chi connectivity index (χ1) is 18.0. The highest BCUT2D eigenvalue weighted by molar-refractivity contribution is 7.87. The smallest absolute Gasteiger partial charge is 0.346 e. The van der Waals surface area contributed by atoms with E-state index in [0.717, 1.165) is 36.4 Å². The van der Waals surface area contributed by atoms with Crippen molar-refractivity contribution in [3.63, 3.8) is 0 Å². The number of nitrogens with one attached hydrogen (secondary N) is 1. The quantitative estimate of drug-likeness (QED) is 0.129. The Morgan fingerprint density at radius 2 is 1.76 bits per heavy atom. The third-order valence-electron chi connectivity index (χ3n) is 4.80. The molecule has 0 heterocycles. The number of nitriles is 1. The number of benzene rings is 3. The zero-order valence-corrected chi connectivity index (χ0v) is 20.7. The van der Waals surface area contributed by atoms with Crippen molar-refractivity contribution in [3.8, 4) is 17.6 Å². The summed E-state index contributed by atoms with van der Waals surface area (Å²) in [5, 5.41) is 34.1. The maximum absolute atomic E-state index is 12.8. The maximum atomic E-state index is 12.8. The second-order valence-corrected chi connectivity index (χ2v) is 9.14. The van der Waals surface area contributed by atoms with Gasteiger partial charge in [-0.3, -0.25) is 25.0 Å². The molecule has 0 atom stereocenters. The summed E-state index contributed by atoms with van der Waals surface area (Å²) in [6, 6.07) is 13.4. The van der Waals surface area contributed by atoms with E-state index in [-0.39, 0.29) is 33.5 Å². The third kappa shape index (κ3) is 6.22. The molecule has 0 fully saturated rings. The minimum Gasteiger partial charge on any atom is -0.493 e. The Bertz CT molecular complexity index is 1630. The van der Waals surface area contributed by atoms with Gasteiger partial charge in [0.15, 0.2) is 16.4 Å². The molecule has 0 saturated carbocycles. The van der Waals surface area contributed by atoms with Crippen molar-refractivity contribution in [2.45, 2.75) is 4.90 Å². The zero-order valence-electron chi connectivity index (χ0n) is 19.2. The predicted octanol–water partition coefficient (Wildman–Crippen LogP) is 4.48. The molecule has 13 nitrogen and oxygen atoms in total. The molecule has 0 aromatic heterocycles. The normalized spacial score (nSPS) is 11.2. The summed E-state index contributed by atoms with van der Waals surface area (Å²) in [6.07, 6.45) is 1.09. The summed E-state index contributed by atoms with van der Waals surface area (Å²) in [5.74, 6) is -1.39. The Morgan fingerprint density at radius 1 is 1.05 bits per heavy atom. The highest BCUT2D eigenvalue weighted by Crippen LogP contribution is 2.34. The second kappa shape index (κ2) is 11.4. The molecule has 38 heavy (non-hydrogen) atoms. The number of carbonyl (C=O) groups excluding carboxylic acids is 1. The number of carbonyl (C=O) groups is 1. The van der Waals surface area contributed by atoms with Crippen molar-refractivity contribution in [1.82, 2.24) is 0 Å². The van der Waals surface area contributed by atoms with Crippen LogP contribution in [0.5, 0.6) is 11.5 Å². The number of anilines is 1. The fraction of sp³-hybridized carbons (Fsp3) is 0.0435. The molecule has 0 aliphatic rings. The molecule has 0 aliphatic heterocycles. The molecule has 0 radical (unpaired) electrons. The van der Waals surface area contributed by atoms with Crippen molar-refractivity contribution in [1.29, 1.82) is 5.26 Å². The molecule has 0 aliphatic carbocycles. The van der Waals surface area contributed by atoms with E-state index in [2.05, 4.69) is 5.32 Å². The lowest BCUT2D eigenvalue weighted by Gasteiger charge is -2.12. The first kappa shape index (κ1) is 27.6. The molecule has 0 spiro atoms. The number of nitro benzene ring substituents is 2. The van der Waals surface area contributed by atoms with E-state index in [4.69, 9.17) is 20.5 Å². The summed E-state index contributed by atoms with van der Waals surface area (Å²) < 4.78 is 35.9. The number of hydrogen-bond donors (Lipinski definition) is 1. The molecule has 0 saturated heterocycles. The monoisotopic (exact) mass is 558 g/mol. The average Bonchev–Trinajstić information content (AvgIpc) is 2.88. The van der Waals surface area contributed by atoms with Crippen molar-refractivity contribution in [2.24, 2.45) is 0 Å². The Morgan fingerprint density at radius 3 is 2.39 bits per heavy atom. The fourth-order valence-electron chi connectivity index (χ4n) is 3.06. The second-order valence-electron chi connectivity index (χ2n) is 7.22. The standard InChI is InChI=1S/C23H15ClN4O9S/c1-36-20-9-6-14(11-21(20)37-38(34,35)22-5-3-2-4-19(22)28(32)33)10-15(13-25)23(29)26-18-12-16(27(30)31)7-8-17(18)24/h2-12H,1H3,(H,26,29)/b15-10+. The lowest BCUT2D eigenvalue weighted by Crippen LogP contribution is -2.14. The van der Waals surface area contributed by atoms with E-state index in [1.807, 2.05) is 0 Å². The Kier molecular flexibility index (Phi) is 8.26. The van der Waals surface area contributed by atoms with E-state index >= 15 is 0 Å². The van der Waals surface area contributed by atoms with Crippen LogP contribution in [0.1, 0.15) is 5.56 Å². The van der Waals surface area contributed by atoms with Crippen LogP contribution in [0.25, 0.3) is 6.08 Å². The van der Waals surface area contributed by atoms with Gasteiger partial charge in [0.1, 0.15) is 11.6 Å². The number of nitro groups is 2. The molecule has 15 heteroatoms. The van der Waals surface area contributed by atoms with Gasteiger partial charge in [0, 0.05) is 18.2 Å². The largest absolute Gasteiger partial charge is 0.493 e. The van der Waals surface area contributed by atoms with Gasteiger partial charge in [0.2, 0.25) is 0 Å². The van der Waals surface area contributed by atoms with E-state index < -0.39 is 42.0 Å². The van der Waals surface area contributed by atoms with Crippen molar-refractivity contribution < 1.29 is 32.0 Å². The van der Waals surface area contributed by atoms with Gasteiger partial charge in [-0.05, 0) is 35.9 Å². The van der Waals surface area contributed by atoms with E-state index in [1.165, 1.54) is 37.4 Å². The number of methoxy groups -OCH3 is 1. The predicted molar refractivity (Wildman–Crippen MR) is 134 cm³/mol. The van der Waals surface area contributed by atoms with Gasteiger partial charge in [-0.1, -0.05) is 29.8 Å². The van der Waals surface area contributed by atoms with Crippen LogP contribution in [0.15, 0.2) is 71.1 Å². The minimum atomic E-state index is -4.70. The number of amides is 1. The maximum Gasteiger partial charge on any atom is 0.346 e. The van der Waals surface area contributed by atoms with Crippen LogP contribution in [0.3, 0.4) is 0 Å². The molecular weight excluding hydrogens is 544 g/mol. The Hall–Kier alpha value is -5.00. The summed E-state index contributed by atoms with van der Waals surface area (Å²) in [7, 11) is -3.47. The summed E-state index contributed by atoms with van der Waals surface area (Å²) in [5.41, 5.74) is -1.50. The van der Waals surface area contributed by atoms with Crippen LogP contribution in [-0.2, 0) is 14.9 Å². The summed E-state index contributed by atoms with van der Waals surface area (Å²) in [6.45, 7) is 0. The van der Waals surface area contributed by atoms with Gasteiger partial charge in [0.25, 0.3) is 17.3 Å². The van der Waals surface area contributed by atoms with E-state index in [9.17, 15) is 38.7 Å².